The number of hydrogen-bond donors (Lipinski definition) is 2. The SMILES string of the molecule is CCc1nc(NC(=O)c2cc(C)nc(N)c2)sc1C. The maximum absolute atomic E-state index is 12.1. The van der Waals surface area contributed by atoms with Gasteiger partial charge in [-0.1, -0.05) is 6.92 Å². The molecular formula is C13H16N4OS. The van der Waals surface area contributed by atoms with Crippen LogP contribution in [0.5, 0.6) is 0 Å². The first kappa shape index (κ1) is 13.5. The highest BCUT2D eigenvalue weighted by Crippen LogP contribution is 2.23. The van der Waals surface area contributed by atoms with Gasteiger partial charge in [-0.2, -0.15) is 0 Å². The first-order valence-electron chi connectivity index (χ1n) is 6.01. The van der Waals surface area contributed by atoms with E-state index in [1.807, 2.05) is 13.8 Å². The minimum Gasteiger partial charge on any atom is -0.384 e. The van der Waals surface area contributed by atoms with Gasteiger partial charge in [0.2, 0.25) is 0 Å². The van der Waals surface area contributed by atoms with Crippen LogP contribution in [-0.4, -0.2) is 15.9 Å². The van der Waals surface area contributed by atoms with Gasteiger partial charge in [0.05, 0.1) is 5.69 Å². The monoisotopic (exact) mass is 276 g/mol. The molecule has 2 rings (SSSR count). The lowest BCUT2D eigenvalue weighted by molar-refractivity contribution is 0.102. The van der Waals surface area contributed by atoms with Crippen molar-refractivity contribution >= 4 is 28.2 Å². The molecule has 0 aromatic carbocycles. The van der Waals surface area contributed by atoms with Crippen molar-refractivity contribution in [1.29, 1.82) is 0 Å². The number of anilines is 2. The second-order valence-corrected chi connectivity index (χ2v) is 5.45. The third-order valence-electron chi connectivity index (χ3n) is 2.68. The number of rotatable bonds is 3. The van der Waals surface area contributed by atoms with E-state index < -0.39 is 0 Å². The standard InChI is InChI=1S/C13H16N4OS/c1-4-10-8(3)19-13(16-10)17-12(18)9-5-7(2)15-11(14)6-9/h5-6H,4H2,1-3H3,(H2,14,15)(H,16,17,18). The predicted octanol–water partition coefficient (Wildman–Crippen LogP) is 2.55. The van der Waals surface area contributed by atoms with Gasteiger partial charge in [0, 0.05) is 16.1 Å². The molecule has 0 bridgehead atoms. The van der Waals surface area contributed by atoms with Gasteiger partial charge < -0.3 is 5.73 Å². The Hall–Kier alpha value is -1.95. The molecule has 0 aliphatic heterocycles. The molecule has 0 saturated carbocycles. The zero-order valence-corrected chi connectivity index (χ0v) is 12.0. The van der Waals surface area contributed by atoms with Crippen LogP contribution in [0, 0.1) is 13.8 Å². The zero-order chi connectivity index (χ0) is 14.0. The minimum absolute atomic E-state index is 0.214. The molecule has 0 radical (unpaired) electrons. The molecule has 0 unspecified atom stereocenters. The summed E-state index contributed by atoms with van der Waals surface area (Å²) >= 11 is 1.48. The van der Waals surface area contributed by atoms with Crippen molar-refractivity contribution in [1.82, 2.24) is 9.97 Å². The summed E-state index contributed by atoms with van der Waals surface area (Å²) in [4.78, 5) is 21.6. The first-order chi connectivity index (χ1) is 8.99. The summed E-state index contributed by atoms with van der Waals surface area (Å²) in [5.74, 6) is 0.128. The van der Waals surface area contributed by atoms with Crippen molar-refractivity contribution in [2.75, 3.05) is 11.1 Å². The van der Waals surface area contributed by atoms with Gasteiger partial charge in [-0.05, 0) is 32.4 Å². The van der Waals surface area contributed by atoms with Crippen LogP contribution in [0.1, 0.15) is 33.5 Å². The normalized spacial score (nSPS) is 10.5. The van der Waals surface area contributed by atoms with E-state index in [0.717, 1.165) is 22.7 Å². The van der Waals surface area contributed by atoms with Crippen molar-refractivity contribution in [2.24, 2.45) is 0 Å². The number of amides is 1. The second kappa shape index (κ2) is 5.36. The van der Waals surface area contributed by atoms with Crippen LogP contribution in [0.2, 0.25) is 0 Å². The lowest BCUT2D eigenvalue weighted by Crippen LogP contribution is -2.13. The molecule has 3 N–H and O–H groups in total. The maximum Gasteiger partial charge on any atom is 0.257 e. The van der Waals surface area contributed by atoms with Gasteiger partial charge >= 0.3 is 0 Å². The molecule has 100 valence electrons. The highest BCUT2D eigenvalue weighted by Gasteiger charge is 2.12. The van der Waals surface area contributed by atoms with Crippen molar-refractivity contribution < 1.29 is 4.79 Å². The lowest BCUT2D eigenvalue weighted by atomic mass is 10.2. The summed E-state index contributed by atoms with van der Waals surface area (Å²) < 4.78 is 0. The molecule has 19 heavy (non-hydrogen) atoms. The van der Waals surface area contributed by atoms with Crippen LogP contribution in [0.15, 0.2) is 12.1 Å². The Labute approximate surface area is 115 Å². The maximum atomic E-state index is 12.1. The Morgan fingerprint density at radius 3 is 2.68 bits per heavy atom. The third-order valence-corrected chi connectivity index (χ3v) is 3.61. The number of nitrogens with two attached hydrogens (primary N) is 1. The van der Waals surface area contributed by atoms with Crippen LogP contribution in [-0.2, 0) is 6.42 Å². The average Bonchev–Trinajstić information content (AvgIpc) is 2.68. The van der Waals surface area contributed by atoms with E-state index in [1.165, 1.54) is 11.3 Å². The minimum atomic E-state index is -0.214. The molecule has 0 fully saturated rings. The zero-order valence-electron chi connectivity index (χ0n) is 11.2. The number of nitrogens with one attached hydrogen (secondary N) is 1. The van der Waals surface area contributed by atoms with E-state index in [4.69, 9.17) is 5.73 Å². The van der Waals surface area contributed by atoms with Gasteiger partial charge in [-0.15, -0.1) is 11.3 Å². The molecule has 0 atom stereocenters. The van der Waals surface area contributed by atoms with Crippen LogP contribution >= 0.6 is 11.3 Å². The number of carbonyl (C=O) groups is 1. The largest absolute Gasteiger partial charge is 0.384 e. The Balaban J connectivity index is 2.20. The van der Waals surface area contributed by atoms with E-state index in [2.05, 4.69) is 15.3 Å². The van der Waals surface area contributed by atoms with Gasteiger partial charge in [0.25, 0.3) is 5.91 Å². The van der Waals surface area contributed by atoms with Crippen LogP contribution in [0.4, 0.5) is 10.9 Å². The van der Waals surface area contributed by atoms with E-state index in [-0.39, 0.29) is 5.91 Å². The summed E-state index contributed by atoms with van der Waals surface area (Å²) in [7, 11) is 0. The Kier molecular flexibility index (Phi) is 3.80. The number of hydrogen-bond acceptors (Lipinski definition) is 5. The highest BCUT2D eigenvalue weighted by atomic mass is 32.1. The fourth-order valence-electron chi connectivity index (χ4n) is 1.80. The van der Waals surface area contributed by atoms with Gasteiger partial charge in [-0.25, -0.2) is 9.97 Å². The molecule has 0 aliphatic carbocycles. The molecule has 0 aliphatic rings. The molecular weight excluding hydrogens is 260 g/mol. The lowest BCUT2D eigenvalue weighted by Gasteiger charge is -2.03. The van der Waals surface area contributed by atoms with Crippen molar-refractivity contribution in [3.05, 3.63) is 34.0 Å². The molecule has 5 nitrogen and oxygen atoms in total. The Morgan fingerprint density at radius 2 is 2.11 bits per heavy atom. The molecule has 2 aromatic rings. The smallest absolute Gasteiger partial charge is 0.257 e. The molecule has 2 heterocycles. The molecule has 6 heteroatoms. The number of nitrogens with zero attached hydrogens (tertiary/aromatic N) is 2. The number of aryl methyl sites for hydroxylation is 3. The summed E-state index contributed by atoms with van der Waals surface area (Å²) in [6.07, 6.45) is 0.861. The quantitative estimate of drug-likeness (QED) is 0.902. The summed E-state index contributed by atoms with van der Waals surface area (Å²) in [6.45, 7) is 5.84. The number of carbonyl (C=O) groups excluding carboxylic acids is 1. The van der Waals surface area contributed by atoms with Crippen LogP contribution < -0.4 is 11.1 Å². The molecule has 0 spiro atoms. The van der Waals surface area contributed by atoms with E-state index in [1.54, 1.807) is 19.1 Å². The van der Waals surface area contributed by atoms with E-state index in [9.17, 15) is 4.79 Å². The number of thiazole rings is 1. The predicted molar refractivity (Wildman–Crippen MR) is 77.6 cm³/mol. The molecule has 2 aromatic heterocycles. The summed E-state index contributed by atoms with van der Waals surface area (Å²) in [5, 5.41) is 3.41. The average molecular weight is 276 g/mol. The Morgan fingerprint density at radius 1 is 1.37 bits per heavy atom. The van der Waals surface area contributed by atoms with Gasteiger partial charge in [0.1, 0.15) is 5.82 Å². The van der Waals surface area contributed by atoms with Crippen LogP contribution in [0.3, 0.4) is 0 Å². The number of nitrogen functional groups attached to an aromatic ring is 1. The highest BCUT2D eigenvalue weighted by molar-refractivity contribution is 7.15. The summed E-state index contributed by atoms with van der Waals surface area (Å²) in [5.41, 5.74) is 7.87. The topological polar surface area (TPSA) is 80.9 Å². The fourth-order valence-corrected chi connectivity index (χ4v) is 2.70. The number of aromatic nitrogens is 2. The first-order valence-corrected chi connectivity index (χ1v) is 6.83. The Bertz CT molecular complexity index is 601. The molecule has 1 amide bonds. The van der Waals surface area contributed by atoms with Crippen molar-refractivity contribution in [2.45, 2.75) is 27.2 Å². The number of pyridine rings is 1. The summed E-state index contributed by atoms with van der Waals surface area (Å²) in [6, 6.07) is 3.26. The van der Waals surface area contributed by atoms with Gasteiger partial charge in [0.15, 0.2) is 5.13 Å². The van der Waals surface area contributed by atoms with E-state index >= 15 is 0 Å². The van der Waals surface area contributed by atoms with Crippen molar-refractivity contribution in [3.8, 4) is 0 Å². The fraction of sp³-hybridized carbons (Fsp3) is 0.308. The molecule has 0 saturated heterocycles. The second-order valence-electron chi connectivity index (χ2n) is 4.25. The van der Waals surface area contributed by atoms with Gasteiger partial charge in [-0.3, -0.25) is 10.1 Å². The van der Waals surface area contributed by atoms with Crippen molar-refractivity contribution in [3.63, 3.8) is 0 Å². The van der Waals surface area contributed by atoms with Crippen LogP contribution in [0.25, 0.3) is 0 Å². The third kappa shape index (κ3) is 3.08. The van der Waals surface area contributed by atoms with E-state index in [0.29, 0.717) is 16.5 Å².